The molecule has 2 rings (SSSR count). The highest BCUT2D eigenvalue weighted by Gasteiger charge is 2.27. The molecule has 0 aromatic heterocycles. The Morgan fingerprint density at radius 3 is 2.38 bits per heavy atom. The van der Waals surface area contributed by atoms with Gasteiger partial charge in [0.1, 0.15) is 0 Å². The quantitative estimate of drug-likeness (QED) is 0.817. The van der Waals surface area contributed by atoms with Crippen molar-refractivity contribution in [1.29, 1.82) is 0 Å². The van der Waals surface area contributed by atoms with Gasteiger partial charge in [-0.25, -0.2) is 0 Å². The summed E-state index contributed by atoms with van der Waals surface area (Å²) >= 11 is 0. The molecule has 0 amide bonds. The Labute approximate surface area is 98.7 Å². The predicted octanol–water partition coefficient (Wildman–Crippen LogP) is 2.96. The summed E-state index contributed by atoms with van der Waals surface area (Å²) in [6.45, 7) is 3.30. The van der Waals surface area contributed by atoms with E-state index in [2.05, 4.69) is 55.5 Å². The third-order valence-electron chi connectivity index (χ3n) is 3.18. The average Bonchev–Trinajstić information content (AvgIpc) is 3.03. The van der Waals surface area contributed by atoms with Gasteiger partial charge in [0, 0.05) is 18.3 Å². The molecule has 0 radical (unpaired) electrons. The van der Waals surface area contributed by atoms with Crippen LogP contribution in [0.4, 0.5) is 5.69 Å². The fourth-order valence-electron chi connectivity index (χ4n) is 2.05. The van der Waals surface area contributed by atoms with Crippen molar-refractivity contribution in [3.8, 4) is 0 Å². The number of benzene rings is 1. The fourth-order valence-corrected chi connectivity index (χ4v) is 2.05. The van der Waals surface area contributed by atoms with Gasteiger partial charge >= 0.3 is 0 Å². The van der Waals surface area contributed by atoms with Crippen LogP contribution >= 0.6 is 0 Å². The maximum atomic E-state index is 3.57. The first-order valence-corrected chi connectivity index (χ1v) is 6.15. The lowest BCUT2D eigenvalue weighted by molar-refractivity contribution is 0.402. The molecule has 1 atom stereocenters. The van der Waals surface area contributed by atoms with E-state index in [0.29, 0.717) is 6.04 Å². The van der Waals surface area contributed by atoms with Crippen molar-refractivity contribution in [3.05, 3.63) is 29.8 Å². The smallest absolute Gasteiger partial charge is 0.0342 e. The zero-order chi connectivity index (χ0) is 11.5. The monoisotopic (exact) mass is 218 g/mol. The van der Waals surface area contributed by atoms with E-state index in [-0.39, 0.29) is 0 Å². The highest BCUT2D eigenvalue weighted by Crippen LogP contribution is 2.33. The van der Waals surface area contributed by atoms with Gasteiger partial charge in [-0.2, -0.15) is 0 Å². The first-order chi connectivity index (χ1) is 7.65. The summed E-state index contributed by atoms with van der Waals surface area (Å²) in [6.07, 6.45) is 2.79. The normalized spacial score (nSPS) is 17.5. The molecule has 1 unspecified atom stereocenters. The van der Waals surface area contributed by atoms with E-state index in [1.165, 1.54) is 24.1 Å². The SMILES string of the molecule is CC(Nc1ccc(CN(C)C)cc1)C1CC1. The minimum absolute atomic E-state index is 0.625. The highest BCUT2D eigenvalue weighted by molar-refractivity contribution is 5.45. The fraction of sp³-hybridized carbons (Fsp3) is 0.571. The van der Waals surface area contributed by atoms with Gasteiger partial charge in [0.05, 0.1) is 0 Å². The van der Waals surface area contributed by atoms with E-state index in [0.717, 1.165) is 12.5 Å². The molecule has 0 heterocycles. The third-order valence-corrected chi connectivity index (χ3v) is 3.18. The van der Waals surface area contributed by atoms with E-state index in [1.807, 2.05) is 0 Å². The molecule has 0 spiro atoms. The largest absolute Gasteiger partial charge is 0.382 e. The standard InChI is InChI=1S/C14H22N2/c1-11(13-6-7-13)15-14-8-4-12(5-9-14)10-16(2)3/h4-5,8-9,11,13,15H,6-7,10H2,1-3H3. The van der Waals surface area contributed by atoms with Crippen LogP contribution in [0.25, 0.3) is 0 Å². The third kappa shape index (κ3) is 3.24. The number of hydrogen-bond donors (Lipinski definition) is 1. The Bertz CT molecular complexity index is 325. The van der Waals surface area contributed by atoms with Crippen LogP contribution in [0.1, 0.15) is 25.3 Å². The van der Waals surface area contributed by atoms with Crippen molar-refractivity contribution in [2.24, 2.45) is 5.92 Å². The molecule has 0 aliphatic heterocycles. The molecule has 1 fully saturated rings. The molecule has 2 heteroatoms. The zero-order valence-corrected chi connectivity index (χ0v) is 10.5. The van der Waals surface area contributed by atoms with Crippen molar-refractivity contribution < 1.29 is 0 Å². The first-order valence-electron chi connectivity index (χ1n) is 6.15. The Hall–Kier alpha value is -1.02. The minimum atomic E-state index is 0.625. The van der Waals surface area contributed by atoms with Crippen LogP contribution in [0, 0.1) is 5.92 Å². The molecule has 2 nitrogen and oxygen atoms in total. The van der Waals surface area contributed by atoms with Crippen molar-refractivity contribution in [3.63, 3.8) is 0 Å². The lowest BCUT2D eigenvalue weighted by Crippen LogP contribution is -2.17. The van der Waals surface area contributed by atoms with Gasteiger partial charge in [-0.15, -0.1) is 0 Å². The molecule has 1 saturated carbocycles. The maximum absolute atomic E-state index is 3.57. The Kier molecular flexibility index (Phi) is 3.49. The molecule has 1 aliphatic carbocycles. The van der Waals surface area contributed by atoms with Crippen LogP contribution in [0.5, 0.6) is 0 Å². The van der Waals surface area contributed by atoms with E-state index in [4.69, 9.17) is 0 Å². The van der Waals surface area contributed by atoms with Gasteiger partial charge in [0.15, 0.2) is 0 Å². The van der Waals surface area contributed by atoms with E-state index in [9.17, 15) is 0 Å². The van der Waals surface area contributed by atoms with Crippen LogP contribution in [-0.4, -0.2) is 25.0 Å². The predicted molar refractivity (Wildman–Crippen MR) is 69.6 cm³/mol. The summed E-state index contributed by atoms with van der Waals surface area (Å²) < 4.78 is 0. The number of anilines is 1. The second-order valence-corrected chi connectivity index (χ2v) is 5.21. The Morgan fingerprint density at radius 2 is 1.88 bits per heavy atom. The number of rotatable bonds is 5. The molecule has 0 saturated heterocycles. The molecule has 0 bridgehead atoms. The summed E-state index contributed by atoms with van der Waals surface area (Å²) in [7, 11) is 4.20. The molecular weight excluding hydrogens is 196 g/mol. The van der Waals surface area contributed by atoms with Gasteiger partial charge in [-0.3, -0.25) is 0 Å². The molecule has 88 valence electrons. The van der Waals surface area contributed by atoms with E-state index >= 15 is 0 Å². The van der Waals surface area contributed by atoms with E-state index < -0.39 is 0 Å². The number of nitrogens with one attached hydrogen (secondary N) is 1. The van der Waals surface area contributed by atoms with Gasteiger partial charge < -0.3 is 10.2 Å². The molecule has 1 N–H and O–H groups in total. The summed E-state index contributed by atoms with van der Waals surface area (Å²) in [6, 6.07) is 9.43. The average molecular weight is 218 g/mol. The first kappa shape index (κ1) is 11.5. The Balaban J connectivity index is 1.90. The minimum Gasteiger partial charge on any atom is -0.382 e. The second-order valence-electron chi connectivity index (χ2n) is 5.21. The number of nitrogens with zero attached hydrogens (tertiary/aromatic N) is 1. The molecule has 1 aromatic carbocycles. The second kappa shape index (κ2) is 4.88. The maximum Gasteiger partial charge on any atom is 0.0342 e. The van der Waals surface area contributed by atoms with Crippen LogP contribution in [0.15, 0.2) is 24.3 Å². The van der Waals surface area contributed by atoms with Crippen molar-refractivity contribution in [2.75, 3.05) is 19.4 Å². The summed E-state index contributed by atoms with van der Waals surface area (Å²) in [4.78, 5) is 2.19. The number of hydrogen-bond acceptors (Lipinski definition) is 2. The van der Waals surface area contributed by atoms with E-state index in [1.54, 1.807) is 0 Å². The summed E-state index contributed by atoms with van der Waals surface area (Å²) in [5.74, 6) is 0.904. The van der Waals surface area contributed by atoms with Crippen LogP contribution in [0.3, 0.4) is 0 Å². The molecule has 1 aliphatic rings. The zero-order valence-electron chi connectivity index (χ0n) is 10.5. The lowest BCUT2D eigenvalue weighted by atomic mass is 10.1. The summed E-state index contributed by atoms with van der Waals surface area (Å²) in [5, 5.41) is 3.57. The van der Waals surface area contributed by atoms with Crippen molar-refractivity contribution in [2.45, 2.75) is 32.4 Å². The molecule has 1 aromatic rings. The van der Waals surface area contributed by atoms with Crippen LogP contribution < -0.4 is 5.32 Å². The highest BCUT2D eigenvalue weighted by atomic mass is 15.0. The van der Waals surface area contributed by atoms with Crippen molar-refractivity contribution in [1.82, 2.24) is 4.90 Å². The van der Waals surface area contributed by atoms with Gasteiger partial charge in [0.2, 0.25) is 0 Å². The summed E-state index contributed by atoms with van der Waals surface area (Å²) in [5.41, 5.74) is 2.62. The lowest BCUT2D eigenvalue weighted by Gasteiger charge is -2.15. The van der Waals surface area contributed by atoms with Gasteiger partial charge in [-0.1, -0.05) is 12.1 Å². The van der Waals surface area contributed by atoms with Gasteiger partial charge in [-0.05, 0) is 57.5 Å². The van der Waals surface area contributed by atoms with Crippen LogP contribution in [0.2, 0.25) is 0 Å². The molecular formula is C14H22N2. The Morgan fingerprint density at radius 1 is 1.25 bits per heavy atom. The van der Waals surface area contributed by atoms with Crippen LogP contribution in [-0.2, 0) is 6.54 Å². The van der Waals surface area contributed by atoms with Gasteiger partial charge in [0.25, 0.3) is 0 Å². The van der Waals surface area contributed by atoms with Crippen molar-refractivity contribution >= 4 is 5.69 Å². The topological polar surface area (TPSA) is 15.3 Å². The molecule has 16 heavy (non-hydrogen) atoms.